The summed E-state index contributed by atoms with van der Waals surface area (Å²) in [6.07, 6.45) is 0.113. The van der Waals surface area contributed by atoms with Crippen molar-refractivity contribution in [2.24, 2.45) is 0 Å². The second-order valence-electron chi connectivity index (χ2n) is 3.99. The van der Waals surface area contributed by atoms with Gasteiger partial charge >= 0.3 is 6.18 Å². The zero-order chi connectivity index (χ0) is 14.8. The summed E-state index contributed by atoms with van der Waals surface area (Å²) in [6.45, 7) is 2.51. The van der Waals surface area contributed by atoms with Gasteiger partial charge in [0, 0.05) is 27.9 Å². The largest absolute Gasteiger partial charge is 0.443 e. The topological polar surface area (TPSA) is 37.8 Å². The second-order valence-corrected chi connectivity index (χ2v) is 5.97. The van der Waals surface area contributed by atoms with Crippen molar-refractivity contribution >= 4 is 27.3 Å². The van der Waals surface area contributed by atoms with Crippen molar-refractivity contribution in [3.8, 4) is 0 Å². The fourth-order valence-electron chi connectivity index (χ4n) is 1.72. The number of nitrogens with one attached hydrogen (secondary N) is 1. The summed E-state index contributed by atoms with van der Waals surface area (Å²) in [7, 11) is 0. The number of aromatic nitrogens is 2. The molecular weight excluding hydrogens is 355 g/mol. The molecule has 2 heterocycles. The van der Waals surface area contributed by atoms with E-state index in [1.165, 1.54) is 6.20 Å². The van der Waals surface area contributed by atoms with Crippen LogP contribution in [0.2, 0.25) is 0 Å². The van der Waals surface area contributed by atoms with Crippen LogP contribution in [0.3, 0.4) is 0 Å². The first-order chi connectivity index (χ1) is 9.41. The van der Waals surface area contributed by atoms with Crippen LogP contribution in [0.1, 0.15) is 28.4 Å². The van der Waals surface area contributed by atoms with E-state index in [2.05, 4.69) is 31.2 Å². The van der Waals surface area contributed by atoms with Gasteiger partial charge in [-0.3, -0.25) is 4.98 Å². The number of pyridine rings is 1. The molecule has 20 heavy (non-hydrogen) atoms. The molecule has 108 valence electrons. The highest BCUT2D eigenvalue weighted by atomic mass is 79.9. The van der Waals surface area contributed by atoms with Gasteiger partial charge < -0.3 is 5.32 Å². The van der Waals surface area contributed by atoms with Crippen molar-refractivity contribution in [1.29, 1.82) is 0 Å². The lowest BCUT2D eigenvalue weighted by Crippen LogP contribution is -2.21. The number of alkyl halides is 3. The average Bonchev–Trinajstić information content (AvgIpc) is 2.85. The number of rotatable bonds is 4. The first-order valence-corrected chi connectivity index (χ1v) is 7.39. The fraction of sp³-hybridized carbons (Fsp3) is 0.333. The van der Waals surface area contributed by atoms with Gasteiger partial charge in [-0.25, -0.2) is 4.98 Å². The number of hydrogen-bond donors (Lipinski definition) is 1. The molecule has 0 aliphatic heterocycles. The quantitative estimate of drug-likeness (QED) is 0.888. The first-order valence-electron chi connectivity index (χ1n) is 5.78. The Morgan fingerprint density at radius 1 is 1.35 bits per heavy atom. The minimum atomic E-state index is -4.41. The van der Waals surface area contributed by atoms with Crippen LogP contribution in [0.5, 0.6) is 0 Å². The number of nitrogens with zero attached hydrogens (tertiary/aromatic N) is 2. The maximum absolute atomic E-state index is 12.6. The number of halogens is 4. The van der Waals surface area contributed by atoms with E-state index in [1.807, 2.05) is 13.0 Å². The normalized spacial score (nSPS) is 13.4. The van der Waals surface area contributed by atoms with E-state index in [9.17, 15) is 13.2 Å². The van der Waals surface area contributed by atoms with Gasteiger partial charge in [-0.05, 0) is 34.1 Å². The molecule has 0 fully saturated rings. The van der Waals surface area contributed by atoms with Crippen molar-refractivity contribution in [2.45, 2.75) is 19.1 Å². The lowest BCUT2D eigenvalue weighted by molar-refractivity contribution is -0.137. The molecular formula is C12H11BrF3N3S. The molecule has 1 atom stereocenters. The maximum Gasteiger partial charge on any atom is 0.443 e. The standard InChI is InChI=1S/C12H11BrF3N3S/c1-2-18-10(7-3-8(13)5-17-4-7)9-6-19-11(20-9)12(14,15)16/h3-6,10,18H,2H2,1H3. The third-order valence-electron chi connectivity index (χ3n) is 2.52. The minimum Gasteiger partial charge on any atom is -0.306 e. The number of thiazole rings is 1. The molecule has 8 heteroatoms. The molecule has 0 aliphatic rings. The molecule has 0 spiro atoms. The molecule has 0 radical (unpaired) electrons. The summed E-state index contributed by atoms with van der Waals surface area (Å²) in [6, 6.07) is 1.48. The van der Waals surface area contributed by atoms with Gasteiger partial charge in [0.1, 0.15) is 0 Å². The molecule has 0 bridgehead atoms. The number of hydrogen-bond acceptors (Lipinski definition) is 4. The van der Waals surface area contributed by atoms with Crippen LogP contribution in [0.15, 0.2) is 29.1 Å². The van der Waals surface area contributed by atoms with Crippen LogP contribution < -0.4 is 5.32 Å². The molecule has 0 saturated carbocycles. The van der Waals surface area contributed by atoms with Crippen molar-refractivity contribution in [3.63, 3.8) is 0 Å². The van der Waals surface area contributed by atoms with Crippen LogP contribution >= 0.6 is 27.3 Å². The van der Waals surface area contributed by atoms with E-state index in [0.29, 0.717) is 22.8 Å². The molecule has 2 rings (SSSR count). The van der Waals surface area contributed by atoms with Gasteiger partial charge in [0.25, 0.3) is 0 Å². The van der Waals surface area contributed by atoms with Crippen LogP contribution in [-0.4, -0.2) is 16.5 Å². The highest BCUT2D eigenvalue weighted by molar-refractivity contribution is 9.10. The zero-order valence-electron chi connectivity index (χ0n) is 10.4. The summed E-state index contributed by atoms with van der Waals surface area (Å²) in [4.78, 5) is 8.02. The smallest absolute Gasteiger partial charge is 0.306 e. The van der Waals surface area contributed by atoms with Crippen molar-refractivity contribution < 1.29 is 13.2 Å². The van der Waals surface area contributed by atoms with Crippen LogP contribution in [0, 0.1) is 0 Å². The Morgan fingerprint density at radius 3 is 2.65 bits per heavy atom. The third kappa shape index (κ3) is 3.56. The van der Waals surface area contributed by atoms with E-state index in [0.717, 1.165) is 10.0 Å². The molecule has 0 aromatic carbocycles. The molecule has 0 saturated heterocycles. The maximum atomic E-state index is 12.6. The Balaban J connectivity index is 2.36. The Morgan fingerprint density at radius 2 is 2.10 bits per heavy atom. The van der Waals surface area contributed by atoms with Crippen molar-refractivity contribution in [3.05, 3.63) is 44.6 Å². The van der Waals surface area contributed by atoms with E-state index in [4.69, 9.17) is 0 Å². The second kappa shape index (κ2) is 6.19. The van der Waals surface area contributed by atoms with Crippen LogP contribution in [0.4, 0.5) is 13.2 Å². The summed E-state index contributed by atoms with van der Waals surface area (Å²) in [5, 5.41) is 2.31. The summed E-state index contributed by atoms with van der Waals surface area (Å²) >= 11 is 3.96. The van der Waals surface area contributed by atoms with Crippen molar-refractivity contribution in [2.75, 3.05) is 6.54 Å². The highest BCUT2D eigenvalue weighted by Gasteiger charge is 2.35. The molecule has 2 aromatic heterocycles. The molecule has 1 N–H and O–H groups in total. The highest BCUT2D eigenvalue weighted by Crippen LogP contribution is 2.36. The fourth-order valence-corrected chi connectivity index (χ4v) is 2.99. The molecule has 1 unspecified atom stereocenters. The summed E-state index contributed by atoms with van der Waals surface area (Å²) < 4.78 is 38.7. The van der Waals surface area contributed by atoms with Crippen molar-refractivity contribution in [1.82, 2.24) is 15.3 Å². The summed E-state index contributed by atoms with van der Waals surface area (Å²) in [5.74, 6) is 0. The average molecular weight is 366 g/mol. The lowest BCUT2D eigenvalue weighted by Gasteiger charge is -2.16. The Bertz CT molecular complexity index is 585. The molecule has 3 nitrogen and oxygen atoms in total. The lowest BCUT2D eigenvalue weighted by atomic mass is 10.1. The Kier molecular flexibility index (Phi) is 4.77. The molecule has 2 aromatic rings. The van der Waals surface area contributed by atoms with Gasteiger partial charge in [-0.2, -0.15) is 13.2 Å². The zero-order valence-corrected chi connectivity index (χ0v) is 12.8. The van der Waals surface area contributed by atoms with Crippen LogP contribution in [-0.2, 0) is 6.18 Å². The molecule has 0 amide bonds. The van der Waals surface area contributed by atoms with Gasteiger partial charge in [0.2, 0.25) is 0 Å². The Hall–Kier alpha value is -0.990. The van der Waals surface area contributed by atoms with Gasteiger partial charge in [0.15, 0.2) is 5.01 Å². The Labute approximate surface area is 126 Å². The SMILES string of the molecule is CCNC(c1cncc(Br)c1)c1cnc(C(F)(F)F)s1. The van der Waals surface area contributed by atoms with E-state index in [1.54, 1.807) is 12.4 Å². The summed E-state index contributed by atoms with van der Waals surface area (Å²) in [5.41, 5.74) is 0.790. The van der Waals surface area contributed by atoms with Crippen LogP contribution in [0.25, 0.3) is 0 Å². The predicted octanol–water partition coefficient (Wildman–Crippen LogP) is 4.02. The van der Waals surface area contributed by atoms with E-state index < -0.39 is 11.2 Å². The monoisotopic (exact) mass is 365 g/mol. The van der Waals surface area contributed by atoms with Gasteiger partial charge in [-0.15, -0.1) is 11.3 Å². The predicted molar refractivity (Wildman–Crippen MR) is 74.6 cm³/mol. The third-order valence-corrected chi connectivity index (χ3v) is 4.06. The first kappa shape index (κ1) is 15.4. The van der Waals surface area contributed by atoms with Gasteiger partial charge in [-0.1, -0.05) is 6.92 Å². The van der Waals surface area contributed by atoms with E-state index >= 15 is 0 Å². The molecule has 0 aliphatic carbocycles. The minimum absolute atomic E-state index is 0.349. The van der Waals surface area contributed by atoms with Gasteiger partial charge in [0.05, 0.1) is 6.04 Å². The van der Waals surface area contributed by atoms with E-state index in [-0.39, 0.29) is 6.04 Å².